The maximum absolute atomic E-state index is 12.7. The number of furan rings is 1. The molecule has 0 aromatic carbocycles. The van der Waals surface area contributed by atoms with Gasteiger partial charge in [-0.2, -0.15) is 0 Å². The number of amides is 4. The van der Waals surface area contributed by atoms with E-state index in [1.54, 1.807) is 21.9 Å². The Bertz CT molecular complexity index is 762. The summed E-state index contributed by atoms with van der Waals surface area (Å²) in [7, 11) is 0. The van der Waals surface area contributed by atoms with Gasteiger partial charge in [0, 0.05) is 25.2 Å². The van der Waals surface area contributed by atoms with Crippen LogP contribution in [0.4, 0.5) is 4.79 Å². The van der Waals surface area contributed by atoms with Crippen molar-refractivity contribution in [2.75, 3.05) is 19.6 Å². The Kier molecular flexibility index (Phi) is 5.14. The normalized spacial score (nSPS) is 21.3. The lowest BCUT2D eigenvalue weighted by atomic mass is 10.0. The van der Waals surface area contributed by atoms with Crippen molar-refractivity contribution in [2.45, 2.75) is 64.3 Å². The molecule has 8 nitrogen and oxygen atoms in total. The molecule has 0 radical (unpaired) electrons. The molecule has 1 aromatic heterocycles. The lowest BCUT2D eigenvalue weighted by molar-refractivity contribution is -0.125. The van der Waals surface area contributed by atoms with Crippen molar-refractivity contribution in [3.05, 3.63) is 23.7 Å². The van der Waals surface area contributed by atoms with Crippen molar-refractivity contribution < 1.29 is 23.5 Å². The predicted molar refractivity (Wildman–Crippen MR) is 99.5 cm³/mol. The molecule has 0 unspecified atom stereocenters. The third kappa shape index (κ3) is 3.78. The topological polar surface area (TPSA) is 83.3 Å². The number of imide groups is 1. The fourth-order valence-electron chi connectivity index (χ4n) is 3.87. The second kappa shape index (κ2) is 7.58. The van der Waals surface area contributed by atoms with E-state index >= 15 is 0 Å². The Hall–Kier alpha value is -2.35. The SMILES string of the molecule is CC(C)OCc1ccc(C(=O)N2CCC(N3CC(=O)N(C4CC4)C3=O)CC2)o1. The van der Waals surface area contributed by atoms with Crippen molar-refractivity contribution in [1.29, 1.82) is 0 Å². The number of urea groups is 1. The molecule has 1 aliphatic carbocycles. The van der Waals surface area contributed by atoms with Crippen molar-refractivity contribution in [2.24, 2.45) is 0 Å². The smallest absolute Gasteiger partial charge is 0.327 e. The van der Waals surface area contributed by atoms with Gasteiger partial charge in [-0.25, -0.2) is 4.79 Å². The van der Waals surface area contributed by atoms with E-state index in [0.29, 0.717) is 44.1 Å². The van der Waals surface area contributed by atoms with Gasteiger partial charge in [-0.3, -0.25) is 14.5 Å². The highest BCUT2D eigenvalue weighted by molar-refractivity contribution is 6.02. The third-order valence-electron chi connectivity index (χ3n) is 5.56. The van der Waals surface area contributed by atoms with Crippen molar-refractivity contribution in [3.8, 4) is 0 Å². The first-order valence-corrected chi connectivity index (χ1v) is 10.1. The van der Waals surface area contributed by atoms with Gasteiger partial charge in [-0.15, -0.1) is 0 Å². The fraction of sp³-hybridized carbons (Fsp3) is 0.650. The molecule has 2 aliphatic heterocycles. The van der Waals surface area contributed by atoms with Crippen molar-refractivity contribution in [1.82, 2.24) is 14.7 Å². The van der Waals surface area contributed by atoms with Crippen LogP contribution < -0.4 is 0 Å². The average Bonchev–Trinajstić information content (AvgIpc) is 3.31. The van der Waals surface area contributed by atoms with Crippen LogP contribution in [0.15, 0.2) is 16.5 Å². The number of carbonyl (C=O) groups excluding carboxylic acids is 3. The first-order valence-electron chi connectivity index (χ1n) is 10.1. The minimum atomic E-state index is -0.155. The molecular weight excluding hydrogens is 362 g/mol. The quantitative estimate of drug-likeness (QED) is 0.697. The van der Waals surface area contributed by atoms with Gasteiger partial charge in [-0.1, -0.05) is 0 Å². The van der Waals surface area contributed by atoms with E-state index in [4.69, 9.17) is 9.15 Å². The first-order chi connectivity index (χ1) is 13.4. The summed E-state index contributed by atoms with van der Waals surface area (Å²) in [4.78, 5) is 42.3. The molecular formula is C20H27N3O5. The summed E-state index contributed by atoms with van der Waals surface area (Å²) < 4.78 is 11.1. The molecule has 3 aliphatic rings. The minimum Gasteiger partial charge on any atom is -0.453 e. The van der Waals surface area contributed by atoms with Crippen LogP contribution in [0.1, 0.15) is 55.8 Å². The van der Waals surface area contributed by atoms with Crippen LogP contribution >= 0.6 is 0 Å². The zero-order valence-electron chi connectivity index (χ0n) is 16.4. The van der Waals surface area contributed by atoms with Gasteiger partial charge in [0.1, 0.15) is 18.9 Å². The fourth-order valence-corrected chi connectivity index (χ4v) is 3.87. The van der Waals surface area contributed by atoms with Gasteiger partial charge in [0.05, 0.1) is 6.10 Å². The van der Waals surface area contributed by atoms with Crippen LogP contribution in [-0.2, 0) is 16.1 Å². The number of nitrogens with zero attached hydrogens (tertiary/aromatic N) is 3. The number of carbonyl (C=O) groups is 3. The molecule has 2 saturated heterocycles. The molecule has 0 N–H and O–H groups in total. The monoisotopic (exact) mass is 389 g/mol. The largest absolute Gasteiger partial charge is 0.453 e. The number of hydrogen-bond donors (Lipinski definition) is 0. The van der Waals surface area contributed by atoms with Crippen LogP contribution in [0.25, 0.3) is 0 Å². The Morgan fingerprint density at radius 1 is 1.14 bits per heavy atom. The number of ether oxygens (including phenoxy) is 1. The number of rotatable bonds is 6. The summed E-state index contributed by atoms with van der Waals surface area (Å²) >= 11 is 0. The van der Waals surface area contributed by atoms with Crippen molar-refractivity contribution in [3.63, 3.8) is 0 Å². The number of piperidine rings is 1. The van der Waals surface area contributed by atoms with Gasteiger partial charge in [0.2, 0.25) is 0 Å². The zero-order chi connectivity index (χ0) is 19.8. The summed E-state index contributed by atoms with van der Waals surface area (Å²) in [5.41, 5.74) is 0. The minimum absolute atomic E-state index is 0.0100. The molecule has 3 fully saturated rings. The van der Waals surface area contributed by atoms with Gasteiger partial charge in [-0.05, 0) is 51.7 Å². The molecule has 28 heavy (non-hydrogen) atoms. The predicted octanol–water partition coefficient (Wildman–Crippen LogP) is 2.24. The molecule has 0 bridgehead atoms. The molecule has 8 heteroatoms. The van der Waals surface area contributed by atoms with Gasteiger partial charge < -0.3 is 19.0 Å². The summed E-state index contributed by atoms with van der Waals surface area (Å²) in [5, 5.41) is 0. The van der Waals surface area contributed by atoms with E-state index in [1.807, 2.05) is 13.8 Å². The van der Waals surface area contributed by atoms with Gasteiger partial charge in [0.15, 0.2) is 5.76 Å². The molecule has 4 amide bonds. The molecule has 0 atom stereocenters. The molecule has 0 spiro atoms. The lowest BCUT2D eigenvalue weighted by Crippen LogP contribution is -2.48. The Morgan fingerprint density at radius 2 is 1.86 bits per heavy atom. The maximum atomic E-state index is 12.7. The summed E-state index contributed by atoms with van der Waals surface area (Å²) in [5.74, 6) is 0.719. The van der Waals surface area contributed by atoms with Crippen molar-refractivity contribution >= 4 is 17.8 Å². The molecule has 1 aromatic rings. The van der Waals surface area contributed by atoms with Crippen LogP contribution in [0.3, 0.4) is 0 Å². The highest BCUT2D eigenvalue weighted by Gasteiger charge is 2.47. The lowest BCUT2D eigenvalue weighted by Gasteiger charge is -2.35. The Morgan fingerprint density at radius 3 is 2.50 bits per heavy atom. The molecule has 152 valence electrons. The Labute approximate surface area is 164 Å². The van der Waals surface area contributed by atoms with E-state index in [0.717, 1.165) is 12.8 Å². The maximum Gasteiger partial charge on any atom is 0.327 e. The van der Waals surface area contributed by atoms with Crippen LogP contribution in [0.5, 0.6) is 0 Å². The van der Waals surface area contributed by atoms with Crippen LogP contribution in [0, 0.1) is 0 Å². The standard InChI is InChI=1S/C20H27N3O5/c1-13(2)27-12-16-5-6-17(28-16)19(25)21-9-7-14(8-10-21)22-11-18(24)23(20(22)26)15-3-4-15/h5-6,13-15H,3-4,7-12H2,1-2H3. The van der Waals surface area contributed by atoms with Gasteiger partial charge >= 0.3 is 6.03 Å². The highest BCUT2D eigenvalue weighted by atomic mass is 16.5. The Balaban J connectivity index is 1.31. The van der Waals surface area contributed by atoms with E-state index in [9.17, 15) is 14.4 Å². The molecule has 3 heterocycles. The number of likely N-dealkylation sites (tertiary alicyclic amines) is 1. The highest BCUT2D eigenvalue weighted by Crippen LogP contribution is 2.32. The third-order valence-corrected chi connectivity index (χ3v) is 5.56. The first kappa shape index (κ1) is 19.0. The van der Waals surface area contributed by atoms with Crippen LogP contribution in [0.2, 0.25) is 0 Å². The zero-order valence-corrected chi connectivity index (χ0v) is 16.4. The number of hydrogen-bond acceptors (Lipinski definition) is 5. The average molecular weight is 389 g/mol. The summed E-state index contributed by atoms with van der Waals surface area (Å²) in [6.07, 6.45) is 3.29. The molecule has 1 saturated carbocycles. The second-order valence-electron chi connectivity index (χ2n) is 8.05. The van der Waals surface area contributed by atoms with E-state index in [1.165, 1.54) is 4.90 Å². The van der Waals surface area contributed by atoms with Gasteiger partial charge in [0.25, 0.3) is 11.8 Å². The second-order valence-corrected chi connectivity index (χ2v) is 8.05. The summed E-state index contributed by atoms with van der Waals surface area (Å²) in [6.45, 7) is 5.50. The van der Waals surface area contributed by atoms with E-state index in [2.05, 4.69) is 0 Å². The van der Waals surface area contributed by atoms with E-state index < -0.39 is 0 Å². The van der Waals surface area contributed by atoms with Crippen LogP contribution in [-0.4, -0.2) is 70.4 Å². The van der Waals surface area contributed by atoms with E-state index in [-0.39, 0.29) is 42.6 Å². The summed E-state index contributed by atoms with van der Waals surface area (Å²) in [6, 6.07) is 3.42. The molecule has 4 rings (SSSR count).